The van der Waals surface area contributed by atoms with Gasteiger partial charge < -0.3 is 5.32 Å². The monoisotopic (exact) mass is 437 g/mol. The molecule has 0 fully saturated rings. The van der Waals surface area contributed by atoms with Crippen molar-refractivity contribution in [3.8, 4) is 5.69 Å². The molecule has 3 rings (SSSR count). The summed E-state index contributed by atoms with van der Waals surface area (Å²) in [5.74, 6) is -0.703. The van der Waals surface area contributed by atoms with Crippen molar-refractivity contribution in [1.29, 1.82) is 0 Å². The van der Waals surface area contributed by atoms with Gasteiger partial charge in [0.1, 0.15) is 5.82 Å². The first-order valence-corrected chi connectivity index (χ1v) is 8.19. The van der Waals surface area contributed by atoms with Gasteiger partial charge in [-0.1, -0.05) is 22.0 Å². The smallest absolute Gasteiger partial charge is 0.276 e. The van der Waals surface area contributed by atoms with E-state index in [1.165, 1.54) is 16.8 Å². The predicted molar refractivity (Wildman–Crippen MR) is 93.3 cm³/mol. The highest BCUT2D eigenvalue weighted by molar-refractivity contribution is 9.11. The molecule has 4 nitrogen and oxygen atoms in total. The maximum Gasteiger partial charge on any atom is 0.276 e. The first kappa shape index (κ1) is 15.9. The number of rotatable bonds is 3. The Bertz CT molecular complexity index is 879. The second-order valence-corrected chi connectivity index (χ2v) is 6.47. The van der Waals surface area contributed by atoms with Gasteiger partial charge in [0.05, 0.1) is 11.4 Å². The molecule has 0 saturated heterocycles. The Kier molecular flexibility index (Phi) is 4.58. The lowest BCUT2D eigenvalue weighted by atomic mass is 10.3. The number of hydrogen-bond donors (Lipinski definition) is 1. The van der Waals surface area contributed by atoms with Gasteiger partial charge in [-0.25, -0.2) is 9.07 Å². The Balaban J connectivity index is 1.81. The molecule has 1 heterocycles. The molecule has 116 valence electrons. The van der Waals surface area contributed by atoms with Crippen LogP contribution in [-0.4, -0.2) is 15.7 Å². The molecule has 2 aromatic carbocycles. The molecule has 0 aliphatic carbocycles. The topological polar surface area (TPSA) is 46.9 Å². The van der Waals surface area contributed by atoms with Gasteiger partial charge in [-0.2, -0.15) is 5.10 Å². The Morgan fingerprint density at radius 2 is 1.96 bits per heavy atom. The van der Waals surface area contributed by atoms with Gasteiger partial charge in [0.15, 0.2) is 5.69 Å². The summed E-state index contributed by atoms with van der Waals surface area (Å²) in [5.41, 5.74) is 1.43. The number of carbonyl (C=O) groups is 1. The van der Waals surface area contributed by atoms with E-state index in [1.807, 2.05) is 12.1 Å². The highest BCUT2D eigenvalue weighted by Gasteiger charge is 2.12. The number of halogens is 3. The number of nitrogens with one attached hydrogen (secondary N) is 1. The minimum Gasteiger partial charge on any atom is -0.320 e. The maximum absolute atomic E-state index is 13.3. The van der Waals surface area contributed by atoms with Crippen molar-refractivity contribution in [3.63, 3.8) is 0 Å². The third-order valence-corrected chi connectivity index (χ3v) is 4.22. The van der Waals surface area contributed by atoms with Crippen molar-refractivity contribution < 1.29 is 9.18 Å². The molecule has 0 atom stereocenters. The van der Waals surface area contributed by atoms with Crippen LogP contribution in [0, 0.1) is 5.82 Å². The predicted octanol–water partition coefficient (Wildman–Crippen LogP) is 4.79. The zero-order chi connectivity index (χ0) is 16.4. The Hall–Kier alpha value is -1.99. The molecule has 3 aromatic rings. The van der Waals surface area contributed by atoms with Crippen LogP contribution in [0.15, 0.2) is 63.7 Å². The first-order valence-electron chi connectivity index (χ1n) is 6.61. The number of amides is 1. The summed E-state index contributed by atoms with van der Waals surface area (Å²) in [4.78, 5) is 12.3. The number of benzene rings is 2. The van der Waals surface area contributed by atoms with Crippen molar-refractivity contribution >= 4 is 43.5 Å². The minimum atomic E-state index is -0.359. The van der Waals surface area contributed by atoms with E-state index in [2.05, 4.69) is 42.3 Å². The van der Waals surface area contributed by atoms with Crippen LogP contribution in [0.5, 0.6) is 0 Å². The first-order chi connectivity index (χ1) is 11.0. The standard InChI is InChI=1S/C16H10Br2FN3O/c17-10-4-5-14(13(18)8-10)20-16(23)15-6-7-22(21-15)12-3-1-2-11(19)9-12/h1-9H,(H,20,23). The largest absolute Gasteiger partial charge is 0.320 e. The average Bonchev–Trinajstić information content (AvgIpc) is 3.00. The Labute approximate surface area is 148 Å². The summed E-state index contributed by atoms with van der Waals surface area (Å²) in [6, 6.07) is 13.0. The molecular formula is C16H10Br2FN3O. The van der Waals surface area contributed by atoms with Crippen LogP contribution in [0.4, 0.5) is 10.1 Å². The minimum absolute atomic E-state index is 0.240. The molecule has 0 bridgehead atoms. The molecule has 1 N–H and O–H groups in total. The van der Waals surface area contributed by atoms with Gasteiger partial charge in [0.2, 0.25) is 0 Å². The van der Waals surface area contributed by atoms with Gasteiger partial charge in [-0.15, -0.1) is 0 Å². The number of aromatic nitrogens is 2. The highest BCUT2D eigenvalue weighted by Crippen LogP contribution is 2.26. The quantitative estimate of drug-likeness (QED) is 0.639. The van der Waals surface area contributed by atoms with E-state index >= 15 is 0 Å². The van der Waals surface area contributed by atoms with Crippen LogP contribution in [0.1, 0.15) is 10.5 Å². The van der Waals surface area contributed by atoms with E-state index in [0.717, 1.165) is 8.95 Å². The molecule has 0 radical (unpaired) electrons. The molecule has 0 unspecified atom stereocenters. The summed E-state index contributed by atoms with van der Waals surface area (Å²) in [5, 5.41) is 6.95. The second kappa shape index (κ2) is 6.64. The molecule has 0 spiro atoms. The lowest BCUT2D eigenvalue weighted by Crippen LogP contribution is -2.13. The van der Waals surface area contributed by atoms with Crippen molar-refractivity contribution in [2.24, 2.45) is 0 Å². The lowest BCUT2D eigenvalue weighted by Gasteiger charge is -2.06. The number of nitrogens with zero attached hydrogens (tertiary/aromatic N) is 2. The third-order valence-electron chi connectivity index (χ3n) is 3.07. The van der Waals surface area contributed by atoms with E-state index in [0.29, 0.717) is 11.4 Å². The van der Waals surface area contributed by atoms with E-state index in [4.69, 9.17) is 0 Å². The number of carbonyl (C=O) groups excluding carboxylic acids is 1. The van der Waals surface area contributed by atoms with Crippen LogP contribution in [0.2, 0.25) is 0 Å². The van der Waals surface area contributed by atoms with Crippen molar-refractivity contribution in [1.82, 2.24) is 9.78 Å². The fourth-order valence-electron chi connectivity index (χ4n) is 1.98. The molecule has 1 amide bonds. The Morgan fingerprint density at radius 3 is 2.70 bits per heavy atom. The number of anilines is 1. The summed E-state index contributed by atoms with van der Waals surface area (Å²) < 4.78 is 16.4. The van der Waals surface area contributed by atoms with Gasteiger partial charge in [-0.05, 0) is 58.4 Å². The second-order valence-electron chi connectivity index (χ2n) is 4.70. The molecular weight excluding hydrogens is 429 g/mol. The molecule has 7 heteroatoms. The van der Waals surface area contributed by atoms with Crippen LogP contribution >= 0.6 is 31.9 Å². The van der Waals surface area contributed by atoms with Crippen LogP contribution in [-0.2, 0) is 0 Å². The SMILES string of the molecule is O=C(Nc1ccc(Br)cc1Br)c1ccn(-c2cccc(F)c2)n1. The zero-order valence-corrected chi connectivity index (χ0v) is 14.8. The fraction of sp³-hybridized carbons (Fsp3) is 0. The third kappa shape index (κ3) is 3.68. The van der Waals surface area contributed by atoms with Gasteiger partial charge in [-0.3, -0.25) is 4.79 Å². The van der Waals surface area contributed by atoms with Crippen LogP contribution in [0.3, 0.4) is 0 Å². The lowest BCUT2D eigenvalue weighted by molar-refractivity contribution is 0.102. The van der Waals surface area contributed by atoms with Crippen molar-refractivity contribution in [3.05, 3.63) is 75.2 Å². The molecule has 23 heavy (non-hydrogen) atoms. The molecule has 0 aliphatic heterocycles. The summed E-state index contributed by atoms with van der Waals surface area (Å²) in [6.45, 7) is 0. The number of hydrogen-bond acceptors (Lipinski definition) is 2. The average molecular weight is 439 g/mol. The molecule has 0 aliphatic rings. The van der Waals surface area contributed by atoms with E-state index in [9.17, 15) is 9.18 Å². The van der Waals surface area contributed by atoms with E-state index in [-0.39, 0.29) is 17.4 Å². The van der Waals surface area contributed by atoms with Gasteiger partial charge >= 0.3 is 0 Å². The summed E-state index contributed by atoms with van der Waals surface area (Å²) in [6.07, 6.45) is 1.61. The van der Waals surface area contributed by atoms with Gasteiger partial charge in [0.25, 0.3) is 5.91 Å². The molecule has 0 saturated carbocycles. The van der Waals surface area contributed by atoms with E-state index < -0.39 is 0 Å². The fourth-order valence-corrected chi connectivity index (χ4v) is 3.13. The van der Waals surface area contributed by atoms with Crippen LogP contribution < -0.4 is 5.32 Å². The van der Waals surface area contributed by atoms with E-state index in [1.54, 1.807) is 30.5 Å². The maximum atomic E-state index is 13.3. The normalized spacial score (nSPS) is 10.6. The highest BCUT2D eigenvalue weighted by atomic mass is 79.9. The summed E-state index contributed by atoms with van der Waals surface area (Å²) in [7, 11) is 0. The summed E-state index contributed by atoms with van der Waals surface area (Å²) >= 11 is 6.74. The Morgan fingerprint density at radius 1 is 1.13 bits per heavy atom. The molecule has 1 aromatic heterocycles. The van der Waals surface area contributed by atoms with Gasteiger partial charge in [0, 0.05) is 15.1 Å². The van der Waals surface area contributed by atoms with Crippen molar-refractivity contribution in [2.75, 3.05) is 5.32 Å². The zero-order valence-electron chi connectivity index (χ0n) is 11.6. The van der Waals surface area contributed by atoms with Crippen LogP contribution in [0.25, 0.3) is 5.69 Å². The van der Waals surface area contributed by atoms with Crippen molar-refractivity contribution in [2.45, 2.75) is 0 Å².